The van der Waals surface area contributed by atoms with E-state index < -0.39 is 11.5 Å². The molecular weight excluding hydrogens is 385 g/mol. The molecular formula is C23H24FN3O3. The molecule has 6 nitrogen and oxygen atoms in total. The Balaban J connectivity index is 1.38. The second kappa shape index (κ2) is 7.09. The van der Waals surface area contributed by atoms with E-state index in [1.807, 2.05) is 13.0 Å². The molecule has 1 amide bonds. The van der Waals surface area contributed by atoms with E-state index in [9.17, 15) is 9.18 Å². The Bertz CT molecular complexity index is 1130. The van der Waals surface area contributed by atoms with Crippen LogP contribution in [0.3, 0.4) is 0 Å². The molecule has 2 aliphatic heterocycles. The number of rotatable bonds is 2. The Labute approximate surface area is 174 Å². The third-order valence-electron chi connectivity index (χ3n) is 6.34. The van der Waals surface area contributed by atoms with Crippen LogP contribution in [0.25, 0.3) is 5.65 Å². The van der Waals surface area contributed by atoms with Crippen LogP contribution < -0.4 is 4.74 Å². The molecule has 0 radical (unpaired) electrons. The molecule has 1 aromatic carbocycles. The molecule has 0 saturated carbocycles. The molecule has 1 fully saturated rings. The van der Waals surface area contributed by atoms with Crippen LogP contribution in [-0.4, -0.2) is 47.0 Å². The Morgan fingerprint density at radius 3 is 2.80 bits per heavy atom. The van der Waals surface area contributed by atoms with Gasteiger partial charge in [-0.15, -0.1) is 0 Å². The number of carbonyl (C=O) groups is 1. The molecule has 0 aliphatic carbocycles. The summed E-state index contributed by atoms with van der Waals surface area (Å²) in [5.41, 5.74) is 3.31. The summed E-state index contributed by atoms with van der Waals surface area (Å²) >= 11 is 0. The van der Waals surface area contributed by atoms with Crippen molar-refractivity contribution in [3.05, 3.63) is 64.9 Å². The number of pyridine rings is 1. The minimum Gasteiger partial charge on any atom is -0.497 e. The standard InChI is InChI=1S/C23H24FN3O3/c1-15-5-9-27-19(13-15)25-20(21(27)24)22(28)26-10-7-23(8-11-26)18-4-3-17(29-2)14-16(18)6-12-30-23/h3-5,9,13-14H,6-8,10-12H2,1-2H3. The van der Waals surface area contributed by atoms with Crippen LogP contribution in [0.15, 0.2) is 36.5 Å². The van der Waals surface area contributed by atoms with Gasteiger partial charge in [-0.1, -0.05) is 6.07 Å². The highest BCUT2D eigenvalue weighted by Gasteiger charge is 2.42. The lowest BCUT2D eigenvalue weighted by molar-refractivity contribution is -0.0936. The second-order valence-corrected chi connectivity index (χ2v) is 8.09. The van der Waals surface area contributed by atoms with Gasteiger partial charge in [-0.3, -0.25) is 9.20 Å². The van der Waals surface area contributed by atoms with Crippen molar-refractivity contribution < 1.29 is 18.7 Å². The Morgan fingerprint density at radius 2 is 2.03 bits per heavy atom. The fourth-order valence-electron chi connectivity index (χ4n) is 4.67. The minimum absolute atomic E-state index is 0.119. The number of carbonyl (C=O) groups excluding carboxylic acids is 1. The van der Waals surface area contributed by atoms with Crippen molar-refractivity contribution in [3.8, 4) is 5.75 Å². The van der Waals surface area contributed by atoms with Gasteiger partial charge in [-0.05, 0) is 67.1 Å². The van der Waals surface area contributed by atoms with E-state index in [2.05, 4.69) is 17.1 Å². The summed E-state index contributed by atoms with van der Waals surface area (Å²) in [5, 5.41) is 0. The molecule has 0 unspecified atom stereocenters. The summed E-state index contributed by atoms with van der Waals surface area (Å²) in [7, 11) is 1.67. The normalized spacial score (nSPS) is 17.9. The molecule has 3 aromatic rings. The average Bonchev–Trinajstić information content (AvgIpc) is 3.09. The van der Waals surface area contributed by atoms with Crippen molar-refractivity contribution in [2.75, 3.05) is 26.8 Å². The zero-order valence-electron chi connectivity index (χ0n) is 17.2. The van der Waals surface area contributed by atoms with Gasteiger partial charge in [0, 0.05) is 19.3 Å². The molecule has 1 spiro atoms. The lowest BCUT2D eigenvalue weighted by atomic mass is 9.79. The van der Waals surface area contributed by atoms with Gasteiger partial charge in [0.2, 0.25) is 5.95 Å². The maximum atomic E-state index is 14.8. The number of nitrogens with zero attached hydrogens (tertiary/aromatic N) is 3. The van der Waals surface area contributed by atoms with Crippen LogP contribution in [0.1, 0.15) is 40.0 Å². The smallest absolute Gasteiger partial charge is 0.277 e. The van der Waals surface area contributed by atoms with E-state index in [0.717, 1.165) is 17.7 Å². The van der Waals surface area contributed by atoms with Gasteiger partial charge in [-0.2, -0.15) is 4.39 Å². The van der Waals surface area contributed by atoms with Gasteiger partial charge in [0.15, 0.2) is 5.69 Å². The largest absolute Gasteiger partial charge is 0.497 e. The number of aromatic nitrogens is 2. The van der Waals surface area contributed by atoms with Crippen LogP contribution in [0.4, 0.5) is 4.39 Å². The summed E-state index contributed by atoms with van der Waals surface area (Å²) < 4.78 is 27.7. The number of halogens is 1. The first-order valence-corrected chi connectivity index (χ1v) is 10.3. The van der Waals surface area contributed by atoms with E-state index in [-0.39, 0.29) is 11.6 Å². The predicted octanol–water partition coefficient (Wildman–Crippen LogP) is 3.49. The predicted molar refractivity (Wildman–Crippen MR) is 109 cm³/mol. The number of amides is 1. The van der Waals surface area contributed by atoms with Gasteiger partial charge >= 0.3 is 0 Å². The fourth-order valence-corrected chi connectivity index (χ4v) is 4.67. The van der Waals surface area contributed by atoms with E-state index >= 15 is 0 Å². The van der Waals surface area contributed by atoms with E-state index in [0.29, 0.717) is 38.2 Å². The number of ether oxygens (including phenoxy) is 2. The molecule has 2 aromatic heterocycles. The highest BCUT2D eigenvalue weighted by molar-refractivity contribution is 5.93. The topological polar surface area (TPSA) is 56.1 Å². The number of likely N-dealkylation sites (tertiary alicyclic amines) is 1. The van der Waals surface area contributed by atoms with Gasteiger partial charge in [0.25, 0.3) is 5.91 Å². The quantitative estimate of drug-likeness (QED) is 0.650. The van der Waals surface area contributed by atoms with Crippen molar-refractivity contribution in [2.24, 2.45) is 0 Å². The van der Waals surface area contributed by atoms with E-state index in [1.165, 1.54) is 15.5 Å². The molecule has 156 valence electrons. The van der Waals surface area contributed by atoms with Crippen molar-refractivity contribution in [3.63, 3.8) is 0 Å². The highest BCUT2D eigenvalue weighted by Crippen LogP contribution is 2.42. The minimum atomic E-state index is -0.610. The highest BCUT2D eigenvalue weighted by atomic mass is 19.1. The number of hydrogen-bond acceptors (Lipinski definition) is 4. The molecule has 1 saturated heterocycles. The second-order valence-electron chi connectivity index (χ2n) is 8.09. The number of hydrogen-bond donors (Lipinski definition) is 0. The first-order valence-electron chi connectivity index (χ1n) is 10.3. The number of benzene rings is 1. The van der Waals surface area contributed by atoms with Crippen molar-refractivity contribution >= 4 is 11.6 Å². The zero-order chi connectivity index (χ0) is 20.9. The number of fused-ring (bicyclic) bond motifs is 3. The van der Waals surface area contributed by atoms with E-state index in [4.69, 9.17) is 9.47 Å². The Kier molecular flexibility index (Phi) is 4.50. The third-order valence-corrected chi connectivity index (χ3v) is 6.34. The summed E-state index contributed by atoms with van der Waals surface area (Å²) in [6, 6.07) is 9.68. The van der Waals surface area contributed by atoms with Crippen LogP contribution in [0.5, 0.6) is 5.75 Å². The lowest BCUT2D eigenvalue weighted by Gasteiger charge is -2.45. The number of methoxy groups -OCH3 is 1. The molecule has 4 heterocycles. The summed E-state index contributed by atoms with van der Waals surface area (Å²) in [5.74, 6) is -0.132. The fraction of sp³-hybridized carbons (Fsp3) is 0.391. The van der Waals surface area contributed by atoms with Crippen LogP contribution in [0, 0.1) is 12.9 Å². The summed E-state index contributed by atoms with van der Waals surface area (Å²) in [4.78, 5) is 19.0. The molecule has 0 atom stereocenters. The van der Waals surface area contributed by atoms with E-state index in [1.54, 1.807) is 30.3 Å². The lowest BCUT2D eigenvalue weighted by Crippen LogP contribution is -2.48. The molecule has 5 rings (SSSR count). The van der Waals surface area contributed by atoms with Gasteiger partial charge in [0.05, 0.1) is 19.3 Å². The maximum absolute atomic E-state index is 14.8. The zero-order valence-corrected chi connectivity index (χ0v) is 17.2. The molecule has 7 heteroatoms. The van der Waals surface area contributed by atoms with Crippen molar-refractivity contribution in [1.82, 2.24) is 14.3 Å². The first-order chi connectivity index (χ1) is 14.5. The molecule has 0 bridgehead atoms. The van der Waals surface area contributed by atoms with Crippen LogP contribution >= 0.6 is 0 Å². The van der Waals surface area contributed by atoms with Crippen LogP contribution in [0.2, 0.25) is 0 Å². The SMILES string of the molecule is COc1ccc2c(c1)CCOC21CCN(C(=O)c2nc3cc(C)ccn3c2F)CC1. The summed E-state index contributed by atoms with van der Waals surface area (Å²) in [6.07, 6.45) is 3.80. The monoisotopic (exact) mass is 409 g/mol. The summed E-state index contributed by atoms with van der Waals surface area (Å²) in [6.45, 7) is 3.55. The number of piperidine rings is 1. The van der Waals surface area contributed by atoms with Crippen molar-refractivity contribution in [1.29, 1.82) is 0 Å². The average molecular weight is 409 g/mol. The maximum Gasteiger partial charge on any atom is 0.277 e. The van der Waals surface area contributed by atoms with Gasteiger partial charge < -0.3 is 14.4 Å². The number of aryl methyl sites for hydroxylation is 1. The van der Waals surface area contributed by atoms with Gasteiger partial charge in [-0.25, -0.2) is 4.98 Å². The molecule has 2 aliphatic rings. The van der Waals surface area contributed by atoms with Crippen LogP contribution in [-0.2, 0) is 16.8 Å². The number of imidazole rings is 1. The molecule has 0 N–H and O–H groups in total. The van der Waals surface area contributed by atoms with Crippen molar-refractivity contribution in [2.45, 2.75) is 31.8 Å². The first kappa shape index (κ1) is 19.1. The third kappa shape index (κ3) is 2.96. The van der Waals surface area contributed by atoms with Gasteiger partial charge in [0.1, 0.15) is 11.4 Å². The molecule has 30 heavy (non-hydrogen) atoms. The Morgan fingerprint density at radius 1 is 1.23 bits per heavy atom. The Hall–Kier alpha value is -2.93.